The predicted octanol–water partition coefficient (Wildman–Crippen LogP) is 3.52. The molecular weight excluding hydrogens is 292 g/mol. The summed E-state index contributed by atoms with van der Waals surface area (Å²) in [5, 5.41) is 11.3. The van der Waals surface area contributed by atoms with Crippen molar-refractivity contribution in [3.8, 4) is 0 Å². The fourth-order valence-corrected chi connectivity index (χ4v) is 2.14. The first-order chi connectivity index (χ1) is 9.99. The monoisotopic (exact) mass is 304 g/mol. The van der Waals surface area contributed by atoms with Gasteiger partial charge in [0.25, 0.3) is 11.6 Å². The number of rotatable bonds is 4. The topological polar surface area (TPSA) is 63.5 Å². The summed E-state index contributed by atoms with van der Waals surface area (Å²) in [4.78, 5) is 24.2. The van der Waals surface area contributed by atoms with Gasteiger partial charge >= 0.3 is 0 Å². The van der Waals surface area contributed by atoms with Crippen LogP contribution in [-0.4, -0.2) is 22.8 Å². The predicted molar refractivity (Wildman–Crippen MR) is 80.3 cm³/mol. The number of hydrogen-bond acceptors (Lipinski definition) is 3. The number of nitro groups is 1. The Labute approximate surface area is 126 Å². The molecule has 0 atom stereocenters. The van der Waals surface area contributed by atoms with E-state index in [-0.39, 0.29) is 16.3 Å². The van der Waals surface area contributed by atoms with E-state index in [2.05, 4.69) is 0 Å². The molecule has 2 aromatic carbocycles. The van der Waals surface area contributed by atoms with Gasteiger partial charge in [0, 0.05) is 24.7 Å². The third-order valence-corrected chi connectivity index (χ3v) is 3.23. The van der Waals surface area contributed by atoms with Crippen LogP contribution >= 0.6 is 11.6 Å². The van der Waals surface area contributed by atoms with Crippen LogP contribution < -0.4 is 0 Å². The van der Waals surface area contributed by atoms with E-state index in [1.165, 1.54) is 23.1 Å². The van der Waals surface area contributed by atoms with Gasteiger partial charge in [-0.25, -0.2) is 0 Å². The molecule has 0 saturated heterocycles. The van der Waals surface area contributed by atoms with E-state index < -0.39 is 10.8 Å². The summed E-state index contributed by atoms with van der Waals surface area (Å²) in [7, 11) is 1.60. The molecule has 0 radical (unpaired) electrons. The highest BCUT2D eigenvalue weighted by atomic mass is 35.5. The summed E-state index contributed by atoms with van der Waals surface area (Å²) in [5.41, 5.74) is 0.695. The quantitative estimate of drug-likeness (QED) is 0.641. The Morgan fingerprint density at radius 1 is 1.24 bits per heavy atom. The lowest BCUT2D eigenvalue weighted by Gasteiger charge is -2.17. The maximum atomic E-state index is 12.4. The highest BCUT2D eigenvalue weighted by Gasteiger charge is 2.23. The third kappa shape index (κ3) is 3.58. The first-order valence-electron chi connectivity index (χ1n) is 6.22. The number of benzene rings is 2. The number of halogens is 1. The van der Waals surface area contributed by atoms with Gasteiger partial charge in [-0.3, -0.25) is 14.9 Å². The van der Waals surface area contributed by atoms with Crippen LogP contribution in [0, 0.1) is 10.1 Å². The van der Waals surface area contributed by atoms with Gasteiger partial charge in [-0.2, -0.15) is 0 Å². The Morgan fingerprint density at radius 3 is 2.52 bits per heavy atom. The Balaban J connectivity index is 2.25. The number of hydrogen-bond donors (Lipinski definition) is 0. The minimum absolute atomic E-state index is 0.0304. The van der Waals surface area contributed by atoms with Gasteiger partial charge in [-0.1, -0.05) is 41.9 Å². The molecule has 0 saturated carbocycles. The molecule has 1 amide bonds. The second-order valence-electron chi connectivity index (χ2n) is 4.57. The maximum Gasteiger partial charge on any atom is 0.283 e. The summed E-state index contributed by atoms with van der Waals surface area (Å²) in [5.74, 6) is -0.415. The molecule has 0 spiro atoms. The average molecular weight is 305 g/mol. The van der Waals surface area contributed by atoms with Crippen LogP contribution in [0.2, 0.25) is 5.02 Å². The van der Waals surface area contributed by atoms with Crippen LogP contribution in [0.5, 0.6) is 0 Å². The van der Waals surface area contributed by atoms with Crippen molar-refractivity contribution in [1.29, 1.82) is 0 Å². The van der Waals surface area contributed by atoms with Crippen molar-refractivity contribution in [3.63, 3.8) is 0 Å². The summed E-state index contributed by atoms with van der Waals surface area (Å²) in [6.07, 6.45) is 0. The van der Waals surface area contributed by atoms with Crippen LogP contribution in [0.15, 0.2) is 48.5 Å². The van der Waals surface area contributed by atoms with E-state index in [1.54, 1.807) is 7.05 Å². The average Bonchev–Trinajstić information content (AvgIpc) is 2.47. The van der Waals surface area contributed by atoms with E-state index in [0.29, 0.717) is 6.54 Å². The normalized spacial score (nSPS) is 10.2. The molecule has 0 N–H and O–H groups in total. The minimum atomic E-state index is -0.602. The molecule has 2 rings (SSSR count). The second-order valence-corrected chi connectivity index (χ2v) is 5.00. The van der Waals surface area contributed by atoms with Crippen LogP contribution in [0.3, 0.4) is 0 Å². The number of carbonyl (C=O) groups is 1. The fraction of sp³-hybridized carbons (Fsp3) is 0.133. The van der Waals surface area contributed by atoms with E-state index in [4.69, 9.17) is 11.6 Å². The van der Waals surface area contributed by atoms with E-state index >= 15 is 0 Å². The maximum absolute atomic E-state index is 12.4. The number of carbonyl (C=O) groups excluding carboxylic acids is 1. The largest absolute Gasteiger partial charge is 0.337 e. The third-order valence-electron chi connectivity index (χ3n) is 3.00. The van der Waals surface area contributed by atoms with E-state index in [9.17, 15) is 14.9 Å². The second kappa shape index (κ2) is 6.37. The number of nitrogens with zero attached hydrogens (tertiary/aromatic N) is 2. The lowest BCUT2D eigenvalue weighted by Crippen LogP contribution is -2.26. The molecule has 0 unspecified atom stereocenters. The van der Waals surface area contributed by atoms with Crippen molar-refractivity contribution in [2.75, 3.05) is 7.05 Å². The molecule has 0 bridgehead atoms. The molecule has 0 aliphatic carbocycles. The molecule has 21 heavy (non-hydrogen) atoms. The van der Waals surface area contributed by atoms with Crippen molar-refractivity contribution in [3.05, 3.63) is 74.8 Å². The van der Waals surface area contributed by atoms with Gasteiger partial charge in [0.2, 0.25) is 0 Å². The Kier molecular flexibility index (Phi) is 4.55. The lowest BCUT2D eigenvalue weighted by atomic mass is 10.1. The summed E-state index contributed by atoms with van der Waals surface area (Å²) in [6.45, 7) is 0.374. The Bertz CT molecular complexity index is 674. The zero-order valence-electron chi connectivity index (χ0n) is 11.3. The van der Waals surface area contributed by atoms with Gasteiger partial charge in [-0.05, 0) is 17.7 Å². The van der Waals surface area contributed by atoms with Crippen molar-refractivity contribution in [2.45, 2.75) is 6.54 Å². The standard InChI is InChI=1S/C15H13ClN2O3/c1-17(10-11-5-3-2-4-6-11)15(19)13-8-7-12(16)9-14(13)18(20)21/h2-9H,10H2,1H3. The van der Waals surface area contributed by atoms with Gasteiger partial charge in [0.15, 0.2) is 0 Å². The van der Waals surface area contributed by atoms with Gasteiger partial charge in [0.1, 0.15) is 5.56 Å². The van der Waals surface area contributed by atoms with Crippen LogP contribution in [-0.2, 0) is 6.54 Å². The highest BCUT2D eigenvalue weighted by molar-refractivity contribution is 6.31. The Morgan fingerprint density at radius 2 is 1.90 bits per heavy atom. The van der Waals surface area contributed by atoms with Crippen molar-refractivity contribution >= 4 is 23.2 Å². The van der Waals surface area contributed by atoms with Crippen molar-refractivity contribution in [1.82, 2.24) is 4.90 Å². The highest BCUT2D eigenvalue weighted by Crippen LogP contribution is 2.24. The van der Waals surface area contributed by atoms with Gasteiger partial charge < -0.3 is 4.90 Å². The molecule has 0 fully saturated rings. The summed E-state index contributed by atoms with van der Waals surface area (Å²) < 4.78 is 0. The first kappa shape index (κ1) is 15.0. The SMILES string of the molecule is CN(Cc1ccccc1)C(=O)c1ccc(Cl)cc1[N+](=O)[O-]. The molecule has 108 valence electrons. The molecule has 0 aromatic heterocycles. The molecular formula is C15H13ClN2O3. The number of amides is 1. The molecule has 2 aromatic rings. The summed E-state index contributed by atoms with van der Waals surface area (Å²) in [6, 6.07) is 13.4. The van der Waals surface area contributed by atoms with Gasteiger partial charge in [-0.15, -0.1) is 0 Å². The van der Waals surface area contributed by atoms with Crippen LogP contribution in [0.4, 0.5) is 5.69 Å². The fourth-order valence-electron chi connectivity index (χ4n) is 1.97. The van der Waals surface area contributed by atoms with E-state index in [1.807, 2.05) is 30.3 Å². The molecule has 0 aliphatic heterocycles. The van der Waals surface area contributed by atoms with Crippen LogP contribution in [0.25, 0.3) is 0 Å². The smallest absolute Gasteiger partial charge is 0.283 e. The number of nitro benzene ring substituents is 1. The zero-order valence-corrected chi connectivity index (χ0v) is 12.1. The molecule has 5 nitrogen and oxygen atoms in total. The Hall–Kier alpha value is -2.40. The minimum Gasteiger partial charge on any atom is -0.337 e. The molecule has 6 heteroatoms. The first-order valence-corrected chi connectivity index (χ1v) is 6.60. The lowest BCUT2D eigenvalue weighted by molar-refractivity contribution is -0.385. The van der Waals surface area contributed by atoms with Gasteiger partial charge in [0.05, 0.1) is 4.92 Å². The van der Waals surface area contributed by atoms with Crippen molar-refractivity contribution in [2.24, 2.45) is 0 Å². The van der Waals surface area contributed by atoms with Crippen LogP contribution in [0.1, 0.15) is 15.9 Å². The zero-order chi connectivity index (χ0) is 15.4. The van der Waals surface area contributed by atoms with E-state index in [0.717, 1.165) is 5.56 Å². The van der Waals surface area contributed by atoms with Crippen molar-refractivity contribution < 1.29 is 9.72 Å². The molecule has 0 heterocycles. The molecule has 0 aliphatic rings. The summed E-state index contributed by atoms with van der Waals surface area (Å²) >= 11 is 5.75.